The average Bonchev–Trinajstić information content (AvgIpc) is 3.54. The topological polar surface area (TPSA) is 124 Å². The summed E-state index contributed by atoms with van der Waals surface area (Å²) in [6.45, 7) is 6.37. The number of aryl methyl sites for hydroxylation is 1. The van der Waals surface area contributed by atoms with Crippen LogP contribution < -0.4 is 30.2 Å². The fourth-order valence-electron chi connectivity index (χ4n) is 6.99. The van der Waals surface area contributed by atoms with E-state index in [-0.39, 0.29) is 36.9 Å². The van der Waals surface area contributed by atoms with Gasteiger partial charge in [0.1, 0.15) is 29.9 Å². The van der Waals surface area contributed by atoms with Crippen LogP contribution in [0.2, 0.25) is 0 Å². The molecule has 0 radical (unpaired) electrons. The van der Waals surface area contributed by atoms with Crippen LogP contribution in [0.3, 0.4) is 0 Å². The molecular weight excluding hydrogens is 707 g/mol. The van der Waals surface area contributed by atoms with Gasteiger partial charge in [0.15, 0.2) is 6.61 Å². The Balaban J connectivity index is 1.15. The van der Waals surface area contributed by atoms with E-state index in [1.54, 1.807) is 38.5 Å². The van der Waals surface area contributed by atoms with Gasteiger partial charge in [0.25, 0.3) is 5.91 Å². The van der Waals surface area contributed by atoms with Crippen LogP contribution in [-0.2, 0) is 20.9 Å². The third kappa shape index (κ3) is 9.68. The lowest BCUT2D eigenvalue weighted by Crippen LogP contribution is -2.48. The first-order valence-electron chi connectivity index (χ1n) is 18.8. The van der Waals surface area contributed by atoms with Crippen LogP contribution in [0.5, 0.6) is 17.2 Å². The molecule has 0 saturated carbocycles. The molecule has 1 aliphatic rings. The van der Waals surface area contributed by atoms with Gasteiger partial charge in [-0.2, -0.15) is 0 Å². The maximum atomic E-state index is 14.2. The third-order valence-electron chi connectivity index (χ3n) is 9.89. The molecule has 0 spiro atoms. The summed E-state index contributed by atoms with van der Waals surface area (Å²) in [5.74, 6) is 0.917. The van der Waals surface area contributed by atoms with Crippen LogP contribution in [0.4, 0.5) is 4.79 Å². The molecule has 0 bridgehead atoms. The molecule has 10 heteroatoms. The second-order valence-electron chi connectivity index (χ2n) is 14.3. The van der Waals surface area contributed by atoms with Gasteiger partial charge in [-0.1, -0.05) is 104 Å². The predicted molar refractivity (Wildman–Crippen MR) is 216 cm³/mol. The molecule has 5 aromatic carbocycles. The first-order chi connectivity index (χ1) is 27.1. The van der Waals surface area contributed by atoms with Gasteiger partial charge < -0.3 is 34.9 Å². The van der Waals surface area contributed by atoms with E-state index in [0.29, 0.717) is 35.8 Å². The van der Waals surface area contributed by atoms with Crippen LogP contribution in [0.25, 0.3) is 11.1 Å². The molecule has 56 heavy (non-hydrogen) atoms. The Morgan fingerprint density at radius 2 is 1.38 bits per heavy atom. The van der Waals surface area contributed by atoms with Crippen LogP contribution in [-0.4, -0.2) is 51.4 Å². The van der Waals surface area contributed by atoms with Gasteiger partial charge in [-0.3, -0.25) is 9.59 Å². The normalized spacial score (nSPS) is 12.8. The Bertz CT molecular complexity index is 2090. The summed E-state index contributed by atoms with van der Waals surface area (Å²) in [6, 6.07) is 35.2. The Hall–Kier alpha value is -6.29. The van der Waals surface area contributed by atoms with Crippen molar-refractivity contribution >= 4 is 17.9 Å². The molecule has 1 aliphatic carbocycles. The number of carbonyl (C=O) groups excluding carboxylic acids is 3. The molecule has 2 atom stereocenters. The van der Waals surface area contributed by atoms with E-state index < -0.39 is 18.2 Å². The first kappa shape index (κ1) is 39.4. The molecule has 0 saturated heterocycles. The van der Waals surface area contributed by atoms with E-state index in [0.717, 1.165) is 38.9 Å². The summed E-state index contributed by atoms with van der Waals surface area (Å²) in [5, 5.41) is 8.90. The second kappa shape index (κ2) is 18.4. The molecule has 5 aromatic rings. The molecule has 10 nitrogen and oxygen atoms in total. The van der Waals surface area contributed by atoms with Gasteiger partial charge in [0.05, 0.1) is 20.3 Å². The maximum absolute atomic E-state index is 14.2. The van der Waals surface area contributed by atoms with Crippen molar-refractivity contribution in [1.82, 2.24) is 16.0 Å². The van der Waals surface area contributed by atoms with Gasteiger partial charge in [-0.15, -0.1) is 0 Å². The Labute approximate surface area is 328 Å². The number of rotatable bonds is 16. The summed E-state index contributed by atoms with van der Waals surface area (Å²) in [7, 11) is 3.12. The summed E-state index contributed by atoms with van der Waals surface area (Å²) in [5.41, 5.74) is 8.03. The second-order valence-corrected chi connectivity index (χ2v) is 14.3. The van der Waals surface area contributed by atoms with E-state index in [1.807, 2.05) is 87.5 Å². The van der Waals surface area contributed by atoms with E-state index in [2.05, 4.69) is 40.2 Å². The Morgan fingerprint density at radius 3 is 2.00 bits per heavy atom. The molecule has 0 aliphatic heterocycles. The van der Waals surface area contributed by atoms with E-state index in [9.17, 15) is 14.4 Å². The van der Waals surface area contributed by atoms with Crippen LogP contribution in [0, 0.1) is 12.8 Å². The fraction of sp³-hybridized carbons (Fsp3) is 0.283. The lowest BCUT2D eigenvalue weighted by molar-refractivity contribution is -0.124. The van der Waals surface area contributed by atoms with Crippen molar-refractivity contribution in [3.8, 4) is 28.4 Å². The van der Waals surface area contributed by atoms with E-state index in [4.69, 9.17) is 18.9 Å². The highest BCUT2D eigenvalue weighted by Crippen LogP contribution is 2.44. The monoisotopic (exact) mass is 755 g/mol. The SMILES string of the molecule is COc1ccc(C(NC(=O)[C@H](CC(C)C)NC(=O)OCC2c3ccccc3-c3ccccc32)c2ccc(OCC(=O)NCc3ccc(C)cc3)cc2)c(OC)c1. The number of methoxy groups -OCH3 is 2. The van der Waals surface area contributed by atoms with Gasteiger partial charge in [-0.25, -0.2) is 4.79 Å². The summed E-state index contributed by atoms with van der Waals surface area (Å²) in [4.78, 5) is 40.1. The molecule has 6 rings (SSSR count). The summed E-state index contributed by atoms with van der Waals surface area (Å²) in [6.07, 6.45) is -0.294. The maximum Gasteiger partial charge on any atom is 0.407 e. The molecule has 1 unspecified atom stereocenters. The zero-order valence-corrected chi connectivity index (χ0v) is 32.5. The van der Waals surface area contributed by atoms with Crippen LogP contribution in [0.15, 0.2) is 115 Å². The quantitative estimate of drug-likeness (QED) is 0.0937. The number of benzene rings is 5. The van der Waals surface area contributed by atoms with Crippen molar-refractivity contribution in [2.45, 2.75) is 51.7 Å². The fourth-order valence-corrected chi connectivity index (χ4v) is 6.99. The highest BCUT2D eigenvalue weighted by atomic mass is 16.5. The number of hydrogen-bond donors (Lipinski definition) is 3. The number of amides is 3. The smallest absolute Gasteiger partial charge is 0.407 e. The number of carbonyl (C=O) groups is 3. The third-order valence-corrected chi connectivity index (χ3v) is 9.89. The van der Waals surface area contributed by atoms with Gasteiger partial charge >= 0.3 is 6.09 Å². The zero-order valence-electron chi connectivity index (χ0n) is 32.5. The number of ether oxygens (including phenoxy) is 4. The highest BCUT2D eigenvalue weighted by molar-refractivity contribution is 5.86. The predicted octanol–water partition coefficient (Wildman–Crippen LogP) is 7.87. The molecule has 3 amide bonds. The lowest BCUT2D eigenvalue weighted by Gasteiger charge is -2.26. The van der Waals surface area contributed by atoms with Crippen molar-refractivity contribution < 1.29 is 33.3 Å². The molecule has 0 heterocycles. The van der Waals surface area contributed by atoms with E-state index >= 15 is 0 Å². The molecule has 0 fully saturated rings. The molecule has 0 aromatic heterocycles. The number of nitrogens with one attached hydrogen (secondary N) is 3. The van der Waals surface area contributed by atoms with Gasteiger partial charge in [0, 0.05) is 24.1 Å². The molecule has 290 valence electrons. The number of fused-ring (bicyclic) bond motifs is 3. The minimum absolute atomic E-state index is 0.0825. The minimum Gasteiger partial charge on any atom is -0.497 e. The largest absolute Gasteiger partial charge is 0.497 e. The highest BCUT2D eigenvalue weighted by Gasteiger charge is 2.31. The first-order valence-corrected chi connectivity index (χ1v) is 18.8. The molecule has 3 N–H and O–H groups in total. The van der Waals surface area contributed by atoms with Crippen molar-refractivity contribution in [1.29, 1.82) is 0 Å². The standard InChI is InChI=1S/C46H49N3O7/c1-29(2)24-41(48-46(52)56-27-40-37-12-8-6-10-35(37)36-11-7-9-13-38(36)40)45(51)49-44(39-23-22-34(53-4)25-42(39)54-5)32-18-20-33(21-19-32)55-28-43(50)47-26-31-16-14-30(3)15-17-31/h6-23,25,29,40-41,44H,24,26-28H2,1-5H3,(H,47,50)(H,48,52)(H,49,51)/t41-,44?/m0/s1. The zero-order chi connectivity index (χ0) is 39.6. The molecular formula is C46H49N3O7. The van der Waals surface area contributed by atoms with Crippen molar-refractivity contribution in [2.75, 3.05) is 27.4 Å². The van der Waals surface area contributed by atoms with Gasteiger partial charge in [0.2, 0.25) is 5.91 Å². The lowest BCUT2D eigenvalue weighted by atomic mass is 9.96. The van der Waals surface area contributed by atoms with Crippen LogP contribution >= 0.6 is 0 Å². The Kier molecular flexibility index (Phi) is 12.9. The minimum atomic E-state index is -0.890. The van der Waals surface area contributed by atoms with Gasteiger partial charge in [-0.05, 0) is 76.9 Å². The van der Waals surface area contributed by atoms with Crippen molar-refractivity contribution in [3.05, 3.63) is 149 Å². The van der Waals surface area contributed by atoms with Crippen molar-refractivity contribution in [2.24, 2.45) is 5.92 Å². The summed E-state index contributed by atoms with van der Waals surface area (Å²) >= 11 is 0. The summed E-state index contributed by atoms with van der Waals surface area (Å²) < 4.78 is 22.8. The average molecular weight is 756 g/mol. The Morgan fingerprint density at radius 1 is 0.732 bits per heavy atom. The van der Waals surface area contributed by atoms with Crippen molar-refractivity contribution in [3.63, 3.8) is 0 Å². The number of hydrogen-bond acceptors (Lipinski definition) is 7. The number of alkyl carbamates (subject to hydrolysis) is 1. The van der Waals surface area contributed by atoms with Crippen LogP contribution in [0.1, 0.15) is 65.6 Å². The van der Waals surface area contributed by atoms with E-state index in [1.165, 1.54) is 0 Å².